The molecule has 1 heterocycles. The molecule has 0 amide bonds. The zero-order valence-electron chi connectivity index (χ0n) is 14.0. The molecule has 0 atom stereocenters. The minimum absolute atomic E-state index is 0.300. The van der Waals surface area contributed by atoms with Crippen molar-refractivity contribution in [3.05, 3.63) is 41.2 Å². The van der Waals surface area contributed by atoms with Crippen molar-refractivity contribution in [3.8, 4) is 5.69 Å². The van der Waals surface area contributed by atoms with Gasteiger partial charge in [-0.05, 0) is 37.5 Å². The Balaban J connectivity index is 2.07. The third-order valence-corrected chi connectivity index (χ3v) is 4.58. The summed E-state index contributed by atoms with van der Waals surface area (Å²) < 4.78 is 6.80. The molecule has 0 saturated heterocycles. The number of hydrogen-bond donors (Lipinski definition) is 2. The van der Waals surface area contributed by atoms with E-state index in [4.69, 9.17) is 16.2 Å². The maximum absolute atomic E-state index is 12.4. The molecule has 3 rings (SSSR count). The Morgan fingerprint density at radius 2 is 1.96 bits per heavy atom. The van der Waals surface area contributed by atoms with Gasteiger partial charge in [-0.1, -0.05) is 25.0 Å². The number of nitrogen functional groups attached to an aromatic ring is 1. The Morgan fingerprint density at radius 1 is 1.29 bits per heavy atom. The van der Waals surface area contributed by atoms with E-state index in [0.717, 1.165) is 29.8 Å². The second kappa shape index (κ2) is 7.05. The van der Waals surface area contributed by atoms with Gasteiger partial charge in [-0.2, -0.15) is 5.10 Å². The molecule has 4 N–H and O–H groups in total. The summed E-state index contributed by atoms with van der Waals surface area (Å²) in [5.41, 5.74) is 15.3. The average Bonchev–Trinajstić information content (AvgIpc) is 3.22. The lowest BCUT2D eigenvalue weighted by Gasteiger charge is -2.08. The van der Waals surface area contributed by atoms with Gasteiger partial charge in [0, 0.05) is 12.5 Å². The summed E-state index contributed by atoms with van der Waals surface area (Å²) in [6.45, 7) is 2.55. The molecule has 2 aromatic rings. The van der Waals surface area contributed by atoms with Gasteiger partial charge in [0.2, 0.25) is 0 Å². The third-order valence-electron chi connectivity index (χ3n) is 4.58. The summed E-state index contributed by atoms with van der Waals surface area (Å²) in [6.07, 6.45) is 4.49. The fraction of sp³-hybridized carbons (Fsp3) is 0.444. The maximum atomic E-state index is 12.4. The van der Waals surface area contributed by atoms with Crippen LogP contribution in [0.1, 0.15) is 60.3 Å². The first kappa shape index (κ1) is 16.5. The fourth-order valence-corrected chi connectivity index (χ4v) is 3.30. The van der Waals surface area contributed by atoms with Crippen LogP contribution in [0.4, 0.5) is 5.69 Å². The SMILES string of the molecule is CCOC(=O)c1c(N)c(C2CCCC2)nn1-c1ccc(CN)cc1. The van der Waals surface area contributed by atoms with Crippen LogP contribution in [0.15, 0.2) is 24.3 Å². The largest absolute Gasteiger partial charge is 0.461 e. The molecule has 0 aliphatic heterocycles. The van der Waals surface area contributed by atoms with Crippen molar-refractivity contribution in [2.24, 2.45) is 5.73 Å². The normalized spacial score (nSPS) is 14.9. The molecule has 0 radical (unpaired) electrons. The van der Waals surface area contributed by atoms with E-state index in [-0.39, 0.29) is 0 Å². The lowest BCUT2D eigenvalue weighted by atomic mass is 10.0. The second-order valence-electron chi connectivity index (χ2n) is 6.13. The summed E-state index contributed by atoms with van der Waals surface area (Å²) in [5, 5.41) is 4.68. The molecule has 1 saturated carbocycles. The van der Waals surface area contributed by atoms with E-state index >= 15 is 0 Å². The number of carbonyl (C=O) groups is 1. The molecule has 1 aromatic carbocycles. The molecular weight excluding hydrogens is 304 g/mol. The van der Waals surface area contributed by atoms with Crippen LogP contribution < -0.4 is 11.5 Å². The lowest BCUT2D eigenvalue weighted by molar-refractivity contribution is 0.0517. The van der Waals surface area contributed by atoms with E-state index in [9.17, 15) is 4.79 Å². The molecule has 6 heteroatoms. The number of benzene rings is 1. The second-order valence-corrected chi connectivity index (χ2v) is 6.13. The van der Waals surface area contributed by atoms with E-state index in [1.54, 1.807) is 11.6 Å². The van der Waals surface area contributed by atoms with Crippen molar-refractivity contribution < 1.29 is 9.53 Å². The molecule has 1 fully saturated rings. The van der Waals surface area contributed by atoms with Gasteiger partial charge in [0.25, 0.3) is 0 Å². The third kappa shape index (κ3) is 3.01. The number of carbonyl (C=O) groups excluding carboxylic acids is 1. The van der Waals surface area contributed by atoms with Gasteiger partial charge in [0.05, 0.1) is 23.7 Å². The summed E-state index contributed by atoms with van der Waals surface area (Å²) in [6, 6.07) is 7.65. The van der Waals surface area contributed by atoms with Crippen LogP contribution in [-0.2, 0) is 11.3 Å². The number of hydrogen-bond acceptors (Lipinski definition) is 5. The van der Waals surface area contributed by atoms with E-state index in [1.807, 2.05) is 24.3 Å². The highest BCUT2D eigenvalue weighted by Crippen LogP contribution is 2.38. The molecule has 1 aliphatic rings. The van der Waals surface area contributed by atoms with E-state index < -0.39 is 5.97 Å². The monoisotopic (exact) mass is 328 g/mol. The molecule has 1 aromatic heterocycles. The number of esters is 1. The smallest absolute Gasteiger partial charge is 0.359 e. The number of anilines is 1. The first-order chi connectivity index (χ1) is 11.7. The lowest BCUT2D eigenvalue weighted by Crippen LogP contribution is -2.13. The summed E-state index contributed by atoms with van der Waals surface area (Å²) in [5.74, 6) is -0.114. The Kier molecular flexibility index (Phi) is 4.85. The standard InChI is InChI=1S/C18H24N4O2/c1-2-24-18(23)17-15(20)16(13-5-3-4-6-13)21-22(17)14-9-7-12(11-19)8-10-14/h7-10,13H,2-6,11,19-20H2,1H3. The Hall–Kier alpha value is -2.34. The van der Waals surface area contributed by atoms with Gasteiger partial charge in [0.1, 0.15) is 0 Å². The Morgan fingerprint density at radius 3 is 2.54 bits per heavy atom. The number of aromatic nitrogens is 2. The molecule has 0 unspecified atom stereocenters. The number of nitrogens with zero attached hydrogens (tertiary/aromatic N) is 2. The van der Waals surface area contributed by atoms with Crippen LogP contribution in [-0.4, -0.2) is 22.4 Å². The van der Waals surface area contributed by atoms with Crippen LogP contribution in [0.2, 0.25) is 0 Å². The summed E-state index contributed by atoms with van der Waals surface area (Å²) in [4.78, 5) is 12.4. The molecule has 1 aliphatic carbocycles. The quantitative estimate of drug-likeness (QED) is 0.823. The zero-order chi connectivity index (χ0) is 17.1. The molecule has 128 valence electrons. The first-order valence-electron chi connectivity index (χ1n) is 8.50. The minimum Gasteiger partial charge on any atom is -0.461 e. The molecular formula is C18H24N4O2. The van der Waals surface area contributed by atoms with Crippen LogP contribution in [0.5, 0.6) is 0 Å². The van der Waals surface area contributed by atoms with E-state index in [0.29, 0.717) is 30.5 Å². The van der Waals surface area contributed by atoms with Gasteiger partial charge in [-0.25, -0.2) is 9.48 Å². The van der Waals surface area contributed by atoms with Gasteiger partial charge in [-0.15, -0.1) is 0 Å². The number of nitrogens with two attached hydrogens (primary N) is 2. The van der Waals surface area contributed by atoms with Crippen molar-refractivity contribution in [2.45, 2.75) is 45.1 Å². The van der Waals surface area contributed by atoms with Gasteiger partial charge >= 0.3 is 5.97 Å². The molecule has 6 nitrogen and oxygen atoms in total. The van der Waals surface area contributed by atoms with Gasteiger partial charge in [-0.3, -0.25) is 0 Å². The Bertz CT molecular complexity index is 715. The Labute approximate surface area is 141 Å². The molecule has 0 spiro atoms. The minimum atomic E-state index is -0.436. The van der Waals surface area contributed by atoms with Gasteiger partial charge in [0.15, 0.2) is 5.69 Å². The van der Waals surface area contributed by atoms with Crippen molar-refractivity contribution in [2.75, 3.05) is 12.3 Å². The van der Waals surface area contributed by atoms with Crippen LogP contribution >= 0.6 is 0 Å². The predicted octanol–water partition coefficient (Wildman–Crippen LogP) is 2.75. The highest BCUT2D eigenvalue weighted by Gasteiger charge is 2.29. The van der Waals surface area contributed by atoms with Crippen LogP contribution in [0, 0.1) is 0 Å². The van der Waals surface area contributed by atoms with Crippen LogP contribution in [0.25, 0.3) is 5.69 Å². The number of ether oxygens (including phenoxy) is 1. The predicted molar refractivity (Wildman–Crippen MR) is 93.0 cm³/mol. The van der Waals surface area contributed by atoms with Crippen molar-refractivity contribution in [1.82, 2.24) is 9.78 Å². The van der Waals surface area contributed by atoms with Gasteiger partial charge < -0.3 is 16.2 Å². The highest BCUT2D eigenvalue weighted by molar-refractivity contribution is 5.94. The summed E-state index contributed by atoms with van der Waals surface area (Å²) >= 11 is 0. The van der Waals surface area contributed by atoms with E-state index in [2.05, 4.69) is 5.10 Å². The molecule has 0 bridgehead atoms. The average molecular weight is 328 g/mol. The van der Waals surface area contributed by atoms with Crippen molar-refractivity contribution >= 4 is 11.7 Å². The maximum Gasteiger partial charge on any atom is 0.359 e. The molecule has 24 heavy (non-hydrogen) atoms. The highest BCUT2D eigenvalue weighted by atomic mass is 16.5. The zero-order valence-corrected chi connectivity index (χ0v) is 14.0. The summed E-state index contributed by atoms with van der Waals surface area (Å²) in [7, 11) is 0. The van der Waals surface area contributed by atoms with Crippen LogP contribution in [0.3, 0.4) is 0 Å². The van der Waals surface area contributed by atoms with E-state index in [1.165, 1.54) is 12.8 Å². The first-order valence-corrected chi connectivity index (χ1v) is 8.50. The van der Waals surface area contributed by atoms with Crippen molar-refractivity contribution in [3.63, 3.8) is 0 Å². The fourth-order valence-electron chi connectivity index (χ4n) is 3.30. The topological polar surface area (TPSA) is 96.2 Å². The number of rotatable bonds is 5. The van der Waals surface area contributed by atoms with Crippen molar-refractivity contribution in [1.29, 1.82) is 0 Å².